The number of thiazole rings is 1. The number of hydrogen-bond donors (Lipinski definition) is 1. The van der Waals surface area contributed by atoms with Gasteiger partial charge in [-0.05, 0) is 55.3 Å². The molecule has 148 valence electrons. The molecule has 1 aromatic heterocycles. The molecule has 0 saturated heterocycles. The number of benzene rings is 2. The highest BCUT2D eigenvalue weighted by Gasteiger charge is 2.14. The molecule has 1 N–H and O–H groups in total. The standard InChI is InChI=1S/C22H21FN4OS/c1-14-3-4-16(12-20(14)23)11-19-13-24-22(29-19)25-21(28)17-5-7-18(8-6-17)27-10-9-15(2)26-27/h3-8,12-13H,9-11H2,1-2H3,(H,24,25,28). The second-order valence-corrected chi connectivity index (χ2v) is 8.22. The Morgan fingerprint density at radius 1 is 1.21 bits per heavy atom. The Morgan fingerprint density at radius 3 is 2.69 bits per heavy atom. The maximum absolute atomic E-state index is 13.7. The van der Waals surface area contributed by atoms with E-state index in [1.165, 1.54) is 11.3 Å². The van der Waals surface area contributed by atoms with Gasteiger partial charge in [0.2, 0.25) is 0 Å². The Bertz CT molecular complexity index is 1070. The van der Waals surface area contributed by atoms with Crippen molar-refractivity contribution in [3.05, 3.63) is 76.0 Å². The third kappa shape index (κ3) is 4.51. The number of hydrogen-bond acceptors (Lipinski definition) is 5. The highest BCUT2D eigenvalue weighted by molar-refractivity contribution is 7.15. The summed E-state index contributed by atoms with van der Waals surface area (Å²) in [7, 11) is 0. The van der Waals surface area contributed by atoms with Crippen LogP contribution in [0.1, 0.15) is 39.7 Å². The third-order valence-electron chi connectivity index (χ3n) is 4.79. The van der Waals surface area contributed by atoms with Crippen LogP contribution in [0.5, 0.6) is 0 Å². The highest BCUT2D eigenvalue weighted by Crippen LogP contribution is 2.24. The fraction of sp³-hybridized carbons (Fsp3) is 0.227. The van der Waals surface area contributed by atoms with Crippen LogP contribution in [-0.2, 0) is 6.42 Å². The van der Waals surface area contributed by atoms with Crippen molar-refractivity contribution in [2.45, 2.75) is 26.7 Å². The minimum atomic E-state index is -0.209. The van der Waals surface area contributed by atoms with Crippen LogP contribution in [-0.4, -0.2) is 23.1 Å². The number of nitrogens with one attached hydrogen (secondary N) is 1. The zero-order valence-electron chi connectivity index (χ0n) is 16.3. The summed E-state index contributed by atoms with van der Waals surface area (Å²) in [6.45, 7) is 4.62. The summed E-state index contributed by atoms with van der Waals surface area (Å²) in [6.07, 6.45) is 3.26. The van der Waals surface area contributed by atoms with Gasteiger partial charge < -0.3 is 0 Å². The van der Waals surface area contributed by atoms with Crippen LogP contribution < -0.4 is 10.3 Å². The number of aromatic nitrogens is 1. The van der Waals surface area contributed by atoms with Gasteiger partial charge in [0.1, 0.15) is 5.82 Å². The largest absolute Gasteiger partial charge is 0.298 e. The molecular formula is C22H21FN4OS. The Hall–Kier alpha value is -3.06. The molecule has 29 heavy (non-hydrogen) atoms. The molecule has 5 nitrogen and oxygen atoms in total. The fourth-order valence-corrected chi connectivity index (χ4v) is 3.95. The molecule has 0 spiro atoms. The molecule has 1 amide bonds. The van der Waals surface area contributed by atoms with Crippen molar-refractivity contribution in [2.24, 2.45) is 5.10 Å². The van der Waals surface area contributed by atoms with Gasteiger partial charge in [0.25, 0.3) is 5.91 Å². The Kier molecular flexibility index (Phi) is 5.40. The maximum atomic E-state index is 13.7. The van der Waals surface area contributed by atoms with E-state index < -0.39 is 0 Å². The minimum Gasteiger partial charge on any atom is -0.298 e. The van der Waals surface area contributed by atoms with Gasteiger partial charge in [0.15, 0.2) is 5.13 Å². The summed E-state index contributed by atoms with van der Waals surface area (Å²) in [5.74, 6) is -0.418. The van der Waals surface area contributed by atoms with Crippen LogP contribution in [0.25, 0.3) is 0 Å². The van der Waals surface area contributed by atoms with Crippen molar-refractivity contribution in [1.29, 1.82) is 0 Å². The maximum Gasteiger partial charge on any atom is 0.257 e. The number of anilines is 2. The summed E-state index contributed by atoms with van der Waals surface area (Å²) < 4.78 is 13.7. The van der Waals surface area contributed by atoms with Crippen molar-refractivity contribution in [1.82, 2.24) is 4.98 Å². The number of rotatable bonds is 5. The lowest BCUT2D eigenvalue weighted by atomic mass is 10.1. The fourth-order valence-electron chi connectivity index (χ4n) is 3.11. The molecule has 3 aromatic rings. The van der Waals surface area contributed by atoms with Crippen LogP contribution in [0.3, 0.4) is 0 Å². The van der Waals surface area contributed by atoms with Gasteiger partial charge in [-0.25, -0.2) is 9.37 Å². The lowest BCUT2D eigenvalue weighted by Gasteiger charge is -2.13. The zero-order valence-corrected chi connectivity index (χ0v) is 17.1. The SMILES string of the molecule is CC1=NN(c2ccc(C(=O)Nc3ncc(Cc4ccc(C)c(F)c4)s3)cc2)CC1. The number of amides is 1. The number of aryl methyl sites for hydroxylation is 1. The first-order valence-electron chi connectivity index (χ1n) is 9.41. The van der Waals surface area contributed by atoms with Crippen LogP contribution in [0.2, 0.25) is 0 Å². The Morgan fingerprint density at radius 2 is 2.00 bits per heavy atom. The number of nitrogens with zero attached hydrogens (tertiary/aromatic N) is 3. The van der Waals surface area contributed by atoms with Gasteiger partial charge in [-0.15, -0.1) is 11.3 Å². The molecule has 0 bridgehead atoms. The number of carbonyl (C=O) groups is 1. The Balaban J connectivity index is 1.39. The molecule has 1 aliphatic rings. The average molecular weight is 409 g/mol. The molecule has 2 heterocycles. The first kappa shape index (κ1) is 19.3. The van der Waals surface area contributed by atoms with E-state index in [9.17, 15) is 9.18 Å². The van der Waals surface area contributed by atoms with Crippen molar-refractivity contribution in [3.8, 4) is 0 Å². The molecule has 0 radical (unpaired) electrons. The minimum absolute atomic E-state index is 0.208. The summed E-state index contributed by atoms with van der Waals surface area (Å²) >= 11 is 1.39. The second-order valence-electron chi connectivity index (χ2n) is 7.10. The van der Waals surface area contributed by atoms with E-state index in [2.05, 4.69) is 15.4 Å². The predicted octanol–water partition coefficient (Wildman–Crippen LogP) is 5.02. The van der Waals surface area contributed by atoms with Gasteiger partial charge in [0.05, 0.1) is 5.69 Å². The molecule has 0 atom stereocenters. The molecule has 7 heteroatoms. The van der Waals surface area contributed by atoms with E-state index in [1.54, 1.807) is 37.4 Å². The average Bonchev–Trinajstić information content (AvgIpc) is 3.34. The summed E-state index contributed by atoms with van der Waals surface area (Å²) in [5, 5.41) is 9.77. The van der Waals surface area contributed by atoms with Gasteiger partial charge in [-0.2, -0.15) is 5.10 Å². The number of carbonyl (C=O) groups excluding carboxylic acids is 1. The monoisotopic (exact) mass is 408 g/mol. The smallest absolute Gasteiger partial charge is 0.257 e. The lowest BCUT2D eigenvalue weighted by Crippen LogP contribution is -2.14. The van der Waals surface area contributed by atoms with E-state index in [4.69, 9.17) is 0 Å². The Labute approximate surface area is 172 Å². The van der Waals surface area contributed by atoms with E-state index in [0.717, 1.165) is 34.8 Å². The second kappa shape index (κ2) is 8.13. The lowest BCUT2D eigenvalue weighted by molar-refractivity contribution is 0.102. The van der Waals surface area contributed by atoms with Gasteiger partial charge in [0, 0.05) is 41.7 Å². The number of hydrazone groups is 1. The molecule has 2 aromatic carbocycles. The van der Waals surface area contributed by atoms with Crippen molar-refractivity contribution < 1.29 is 9.18 Å². The molecule has 0 aliphatic carbocycles. The highest BCUT2D eigenvalue weighted by atomic mass is 32.1. The molecule has 0 fully saturated rings. The first-order valence-corrected chi connectivity index (χ1v) is 10.2. The molecule has 0 unspecified atom stereocenters. The molecule has 0 saturated carbocycles. The van der Waals surface area contributed by atoms with E-state index in [1.807, 2.05) is 30.1 Å². The third-order valence-corrected chi connectivity index (χ3v) is 5.71. The van der Waals surface area contributed by atoms with Crippen molar-refractivity contribution in [2.75, 3.05) is 16.9 Å². The normalized spacial score (nSPS) is 13.5. The van der Waals surface area contributed by atoms with Gasteiger partial charge >= 0.3 is 0 Å². The van der Waals surface area contributed by atoms with Gasteiger partial charge in [-0.3, -0.25) is 15.1 Å². The van der Waals surface area contributed by atoms with Crippen LogP contribution in [0.15, 0.2) is 53.8 Å². The molecular weight excluding hydrogens is 387 g/mol. The van der Waals surface area contributed by atoms with Crippen LogP contribution in [0, 0.1) is 12.7 Å². The number of halogens is 1. The van der Waals surface area contributed by atoms with Crippen molar-refractivity contribution >= 4 is 33.8 Å². The summed E-state index contributed by atoms with van der Waals surface area (Å²) in [6, 6.07) is 12.6. The summed E-state index contributed by atoms with van der Waals surface area (Å²) in [4.78, 5) is 17.7. The van der Waals surface area contributed by atoms with E-state index in [-0.39, 0.29) is 11.7 Å². The van der Waals surface area contributed by atoms with Crippen LogP contribution in [0.4, 0.5) is 15.2 Å². The van der Waals surface area contributed by atoms with E-state index >= 15 is 0 Å². The topological polar surface area (TPSA) is 57.6 Å². The summed E-state index contributed by atoms with van der Waals surface area (Å²) in [5.41, 5.74) is 4.15. The van der Waals surface area contributed by atoms with E-state index in [0.29, 0.717) is 22.7 Å². The molecule has 4 rings (SSSR count). The zero-order chi connectivity index (χ0) is 20.4. The predicted molar refractivity (Wildman–Crippen MR) is 116 cm³/mol. The quantitative estimate of drug-likeness (QED) is 0.645. The molecule has 1 aliphatic heterocycles. The first-order chi connectivity index (χ1) is 14.0. The van der Waals surface area contributed by atoms with Gasteiger partial charge in [-0.1, -0.05) is 12.1 Å². The van der Waals surface area contributed by atoms with Crippen molar-refractivity contribution in [3.63, 3.8) is 0 Å². The van der Waals surface area contributed by atoms with Crippen LogP contribution >= 0.6 is 11.3 Å².